The Hall–Kier alpha value is -2.58. The van der Waals surface area contributed by atoms with Gasteiger partial charge in [0, 0.05) is 18.6 Å². The summed E-state index contributed by atoms with van der Waals surface area (Å²) in [5.41, 5.74) is 3.57. The number of nitrogens with two attached hydrogens (primary N) is 1. The molecule has 3 heterocycles. The van der Waals surface area contributed by atoms with Gasteiger partial charge in [-0.3, -0.25) is 9.59 Å². The molecule has 1 aromatic rings. The number of fused-ring (bicyclic) bond motifs is 1. The maximum Gasteiger partial charge on any atom is 0.350 e. The third-order valence-corrected chi connectivity index (χ3v) is 7.29. The first-order chi connectivity index (χ1) is 14.1. The molecule has 12 nitrogen and oxygen atoms in total. The molecule has 1 saturated carbocycles. The highest BCUT2D eigenvalue weighted by Gasteiger charge is 2.58. The Balaban J connectivity index is 1.55. The number of thiazole rings is 1. The number of anilines is 1. The molecule has 3 atom stereocenters. The highest BCUT2D eigenvalue weighted by Crippen LogP contribution is 2.41. The van der Waals surface area contributed by atoms with Gasteiger partial charge in [0.05, 0.1) is 0 Å². The van der Waals surface area contributed by atoms with Crippen LogP contribution in [0.2, 0.25) is 4.34 Å². The lowest BCUT2D eigenvalue weighted by Crippen LogP contribution is -2.70. The minimum absolute atomic E-state index is 0.0351. The fraction of sp³-hybridized carbons (Fsp3) is 0.467. The van der Waals surface area contributed by atoms with E-state index in [0.29, 0.717) is 0 Å². The zero-order valence-corrected chi connectivity index (χ0v) is 17.3. The molecular weight excluding hydrogens is 462 g/mol. The van der Waals surface area contributed by atoms with Crippen molar-refractivity contribution in [1.82, 2.24) is 15.2 Å². The number of nitrogen functional groups attached to an aromatic ring is 1. The number of carbonyl (C=O) groups excluding carboxylic acids is 2. The summed E-state index contributed by atoms with van der Waals surface area (Å²) in [5, 5.41) is 24.1. The summed E-state index contributed by atoms with van der Waals surface area (Å²) < 4.78 is 0.0351. The van der Waals surface area contributed by atoms with Crippen molar-refractivity contribution in [2.24, 2.45) is 5.16 Å². The van der Waals surface area contributed by atoms with Gasteiger partial charge in [-0.05, 0) is 0 Å². The molecule has 15 heteroatoms. The summed E-state index contributed by atoms with van der Waals surface area (Å²) in [4.78, 5) is 58.0. The lowest BCUT2D eigenvalue weighted by Gasteiger charge is -2.43. The quantitative estimate of drug-likeness (QED) is 0.229. The number of β-lactam (4-membered cyclic amide) rings is 1. The van der Waals surface area contributed by atoms with E-state index in [4.69, 9.17) is 22.2 Å². The van der Waals surface area contributed by atoms with E-state index in [1.54, 1.807) is 0 Å². The van der Waals surface area contributed by atoms with Gasteiger partial charge in [-0.15, -0.1) is 11.8 Å². The SMILES string of the molecule is Nc1nc(/C(=N/OC2(C(=O)O)CC2)C(=O)NC2C(=O)N3C(C(=O)O)CS[C@H]23)c(Cl)s1. The molecule has 0 radical (unpaired) electrons. The van der Waals surface area contributed by atoms with E-state index in [9.17, 15) is 29.4 Å². The number of amides is 2. The fourth-order valence-electron chi connectivity index (χ4n) is 3.04. The highest BCUT2D eigenvalue weighted by atomic mass is 35.5. The van der Waals surface area contributed by atoms with E-state index < -0.39 is 52.5 Å². The van der Waals surface area contributed by atoms with Crippen molar-refractivity contribution in [2.75, 3.05) is 11.5 Å². The number of carboxylic acids is 2. The molecule has 2 saturated heterocycles. The number of aliphatic carboxylic acids is 2. The number of hydrogen-bond donors (Lipinski definition) is 4. The maximum absolute atomic E-state index is 12.9. The molecule has 160 valence electrons. The molecule has 3 aliphatic rings. The van der Waals surface area contributed by atoms with Crippen molar-refractivity contribution >= 4 is 69.3 Å². The first kappa shape index (κ1) is 20.7. The summed E-state index contributed by atoms with van der Waals surface area (Å²) >= 11 is 8.18. The van der Waals surface area contributed by atoms with E-state index in [1.807, 2.05) is 0 Å². The van der Waals surface area contributed by atoms with Gasteiger partial charge >= 0.3 is 11.9 Å². The molecule has 0 bridgehead atoms. The van der Waals surface area contributed by atoms with Crippen LogP contribution in [-0.4, -0.2) is 78.4 Å². The van der Waals surface area contributed by atoms with Gasteiger partial charge in [0.1, 0.15) is 27.5 Å². The number of carbonyl (C=O) groups is 4. The second-order valence-corrected chi connectivity index (χ2v) is 9.56. The maximum atomic E-state index is 12.9. The largest absolute Gasteiger partial charge is 0.480 e. The van der Waals surface area contributed by atoms with Gasteiger partial charge in [-0.2, -0.15) is 0 Å². The van der Waals surface area contributed by atoms with Gasteiger partial charge in [-0.25, -0.2) is 14.6 Å². The van der Waals surface area contributed by atoms with Gasteiger partial charge in [0.2, 0.25) is 11.5 Å². The number of nitrogens with one attached hydrogen (secondary N) is 1. The number of hydrogen-bond acceptors (Lipinski definition) is 10. The van der Waals surface area contributed by atoms with E-state index >= 15 is 0 Å². The Kier molecular flexibility index (Phi) is 5.02. The van der Waals surface area contributed by atoms with Crippen LogP contribution in [-0.2, 0) is 24.0 Å². The second kappa shape index (κ2) is 7.28. The molecule has 3 fully saturated rings. The third kappa shape index (κ3) is 3.33. The van der Waals surface area contributed by atoms with E-state index in [0.717, 1.165) is 11.3 Å². The Labute approximate surface area is 181 Å². The number of rotatable bonds is 7. The molecule has 30 heavy (non-hydrogen) atoms. The van der Waals surface area contributed by atoms with Crippen LogP contribution in [0.1, 0.15) is 18.5 Å². The average molecular weight is 476 g/mol. The van der Waals surface area contributed by atoms with Crippen LogP contribution in [0, 0.1) is 0 Å². The number of carboxylic acid groups (broad SMARTS) is 2. The van der Waals surface area contributed by atoms with Crippen LogP contribution in [0.4, 0.5) is 5.13 Å². The zero-order valence-electron chi connectivity index (χ0n) is 14.9. The first-order valence-electron chi connectivity index (χ1n) is 8.54. The summed E-state index contributed by atoms with van der Waals surface area (Å²) in [6.45, 7) is 0. The lowest BCUT2D eigenvalue weighted by atomic mass is 10.0. The summed E-state index contributed by atoms with van der Waals surface area (Å²) in [7, 11) is 0. The van der Waals surface area contributed by atoms with Crippen LogP contribution in [0.5, 0.6) is 0 Å². The Morgan fingerprint density at radius 1 is 1.37 bits per heavy atom. The van der Waals surface area contributed by atoms with Gasteiger partial charge < -0.3 is 31.0 Å². The highest BCUT2D eigenvalue weighted by molar-refractivity contribution is 8.00. The predicted octanol–water partition coefficient (Wildman–Crippen LogP) is -0.430. The lowest BCUT2D eigenvalue weighted by molar-refractivity contribution is -0.158. The van der Waals surface area contributed by atoms with Crippen molar-refractivity contribution in [1.29, 1.82) is 0 Å². The third-order valence-electron chi connectivity index (χ3n) is 4.86. The zero-order chi connectivity index (χ0) is 21.8. The van der Waals surface area contributed by atoms with Crippen LogP contribution >= 0.6 is 34.7 Å². The monoisotopic (exact) mass is 475 g/mol. The molecule has 0 spiro atoms. The first-order valence-corrected chi connectivity index (χ1v) is 10.8. The van der Waals surface area contributed by atoms with Crippen molar-refractivity contribution in [3.8, 4) is 0 Å². The molecule has 0 aromatic carbocycles. The van der Waals surface area contributed by atoms with E-state index in [-0.39, 0.29) is 33.8 Å². The summed E-state index contributed by atoms with van der Waals surface area (Å²) in [6, 6.07) is -1.92. The Morgan fingerprint density at radius 2 is 2.07 bits per heavy atom. The summed E-state index contributed by atoms with van der Waals surface area (Å²) in [6.07, 6.45) is 0.443. The molecule has 5 N–H and O–H groups in total. The molecule has 4 rings (SSSR count). The number of aromatic nitrogens is 1. The molecule has 2 aliphatic heterocycles. The van der Waals surface area contributed by atoms with Crippen molar-refractivity contribution in [2.45, 2.75) is 35.9 Å². The van der Waals surface area contributed by atoms with Crippen LogP contribution < -0.4 is 11.1 Å². The number of thioether (sulfide) groups is 1. The number of halogens is 1. The van der Waals surface area contributed by atoms with Crippen molar-refractivity contribution < 1.29 is 34.2 Å². The molecule has 1 aromatic heterocycles. The van der Waals surface area contributed by atoms with Crippen molar-refractivity contribution in [3.05, 3.63) is 10.0 Å². The Bertz CT molecular complexity index is 994. The molecule has 2 amide bonds. The molecular formula is C15H14ClN5O7S2. The van der Waals surface area contributed by atoms with Gasteiger partial charge in [0.15, 0.2) is 10.8 Å². The van der Waals surface area contributed by atoms with Crippen molar-refractivity contribution in [3.63, 3.8) is 0 Å². The predicted molar refractivity (Wildman–Crippen MR) is 105 cm³/mol. The fourth-order valence-corrected chi connectivity index (χ4v) is 5.44. The standard InChI is InChI=1S/C15H14ClN5O7S2/c16-8-5(19-14(17)30-8)6(20-28-15(1-2-15)13(26)27)9(22)18-7-10(23)21-4(12(24)25)3-29-11(7)21/h4,7,11H,1-3H2,(H2,17,19)(H,18,22)(H,24,25)(H,26,27)/b20-6-/t4?,7?,11-/m1/s1. The summed E-state index contributed by atoms with van der Waals surface area (Å²) in [5.74, 6) is -3.55. The van der Waals surface area contributed by atoms with E-state index in [2.05, 4.69) is 15.5 Å². The van der Waals surface area contributed by atoms with Crippen LogP contribution in [0.15, 0.2) is 5.16 Å². The normalized spacial score (nSPS) is 26.6. The smallest absolute Gasteiger partial charge is 0.350 e. The van der Waals surface area contributed by atoms with Crippen LogP contribution in [0.25, 0.3) is 0 Å². The Morgan fingerprint density at radius 3 is 2.60 bits per heavy atom. The van der Waals surface area contributed by atoms with Gasteiger partial charge in [0.25, 0.3) is 5.91 Å². The molecule has 1 aliphatic carbocycles. The van der Waals surface area contributed by atoms with Gasteiger partial charge in [-0.1, -0.05) is 28.1 Å². The average Bonchev–Trinajstić information content (AvgIpc) is 3.25. The number of nitrogens with zero attached hydrogens (tertiary/aromatic N) is 3. The molecule has 2 unspecified atom stereocenters. The van der Waals surface area contributed by atoms with Crippen LogP contribution in [0.3, 0.4) is 0 Å². The number of oxime groups is 1. The second-order valence-electron chi connectivity index (χ2n) is 6.78. The van der Waals surface area contributed by atoms with E-state index in [1.165, 1.54) is 16.7 Å². The minimum atomic E-state index is -1.52. The minimum Gasteiger partial charge on any atom is -0.480 e. The topological polar surface area (TPSA) is 185 Å².